The van der Waals surface area contributed by atoms with Gasteiger partial charge in [0.15, 0.2) is 11.5 Å². The van der Waals surface area contributed by atoms with E-state index in [1.165, 1.54) is 42.2 Å². The van der Waals surface area contributed by atoms with E-state index in [2.05, 4.69) is 10.1 Å². The zero-order valence-electron chi connectivity index (χ0n) is 14.5. The monoisotopic (exact) mass is 375 g/mol. The van der Waals surface area contributed by atoms with E-state index >= 15 is 0 Å². The van der Waals surface area contributed by atoms with Gasteiger partial charge in [-0.3, -0.25) is 4.79 Å². The van der Waals surface area contributed by atoms with Crippen LogP contribution in [0.4, 0.5) is 0 Å². The Kier molecular flexibility index (Phi) is 5.17. The predicted octanol–water partition coefficient (Wildman–Crippen LogP) is 2.09. The van der Waals surface area contributed by atoms with Crippen molar-refractivity contribution in [1.29, 1.82) is 0 Å². The maximum absolute atomic E-state index is 12.2. The van der Waals surface area contributed by atoms with E-state index in [1.54, 1.807) is 12.1 Å². The van der Waals surface area contributed by atoms with Crippen molar-refractivity contribution in [1.82, 2.24) is 14.6 Å². The molecule has 0 saturated carbocycles. The molecule has 0 fully saturated rings. The van der Waals surface area contributed by atoms with Gasteiger partial charge in [0.25, 0.3) is 5.56 Å². The lowest BCUT2D eigenvalue weighted by Crippen LogP contribution is -2.16. The molecule has 0 saturated heterocycles. The number of carbonyl (C=O) groups is 1. The number of carbonyl (C=O) groups excluding carboxylic acids is 1. The molecule has 0 unspecified atom stereocenters. The molecule has 0 N–H and O–H groups in total. The third-order valence-corrected chi connectivity index (χ3v) is 4.67. The van der Waals surface area contributed by atoms with Crippen LogP contribution in [0.15, 0.2) is 29.1 Å². The highest BCUT2D eigenvalue weighted by molar-refractivity contribution is 7.16. The van der Waals surface area contributed by atoms with Crippen LogP contribution in [-0.2, 0) is 17.8 Å². The molecular weight excluding hydrogens is 358 g/mol. The van der Waals surface area contributed by atoms with Gasteiger partial charge in [0.1, 0.15) is 11.6 Å². The van der Waals surface area contributed by atoms with Crippen molar-refractivity contribution in [3.63, 3.8) is 0 Å². The quantitative estimate of drug-likeness (QED) is 0.609. The molecule has 3 aromatic rings. The highest BCUT2D eigenvalue weighted by atomic mass is 32.1. The second-order valence-electron chi connectivity index (χ2n) is 5.28. The number of aromatic nitrogens is 3. The van der Waals surface area contributed by atoms with Crippen LogP contribution in [0.3, 0.4) is 0 Å². The first-order valence-electron chi connectivity index (χ1n) is 7.83. The van der Waals surface area contributed by atoms with E-state index in [-0.39, 0.29) is 12.2 Å². The molecule has 0 bridgehead atoms. The van der Waals surface area contributed by atoms with Crippen molar-refractivity contribution in [3.8, 4) is 11.5 Å². The molecule has 0 radical (unpaired) electrons. The summed E-state index contributed by atoms with van der Waals surface area (Å²) in [6, 6.07) is 6.04. The molecule has 8 nitrogen and oxygen atoms in total. The molecule has 136 valence electrons. The molecule has 0 amide bonds. The fourth-order valence-electron chi connectivity index (χ4n) is 2.30. The number of benzene rings is 1. The third-order valence-electron chi connectivity index (χ3n) is 3.61. The number of nitrogens with zero attached hydrogens (tertiary/aromatic N) is 3. The number of fused-ring (bicyclic) bond motifs is 1. The SMILES string of the molecule is CCc1nn2c(=O)cc(COC(=O)c3ccc(OC)c(OC)c3)nc2s1. The molecule has 3 rings (SSSR count). The molecule has 0 atom stereocenters. The van der Waals surface area contributed by atoms with Crippen molar-refractivity contribution in [2.45, 2.75) is 20.0 Å². The van der Waals surface area contributed by atoms with Crippen LogP contribution in [0.2, 0.25) is 0 Å². The highest BCUT2D eigenvalue weighted by Crippen LogP contribution is 2.27. The van der Waals surface area contributed by atoms with Gasteiger partial charge in [-0.15, -0.1) is 0 Å². The summed E-state index contributed by atoms with van der Waals surface area (Å²) in [7, 11) is 3.00. The first-order chi connectivity index (χ1) is 12.5. The van der Waals surface area contributed by atoms with Gasteiger partial charge in [-0.2, -0.15) is 9.61 Å². The summed E-state index contributed by atoms with van der Waals surface area (Å²) < 4.78 is 16.8. The number of aryl methyl sites for hydroxylation is 1. The normalized spacial score (nSPS) is 10.7. The van der Waals surface area contributed by atoms with Gasteiger partial charge in [0.05, 0.1) is 25.5 Å². The Bertz CT molecular complexity index is 1010. The van der Waals surface area contributed by atoms with Gasteiger partial charge in [0.2, 0.25) is 4.96 Å². The lowest BCUT2D eigenvalue weighted by Gasteiger charge is -2.09. The number of esters is 1. The lowest BCUT2D eigenvalue weighted by atomic mass is 10.2. The topological polar surface area (TPSA) is 92.0 Å². The van der Waals surface area contributed by atoms with E-state index in [0.29, 0.717) is 27.7 Å². The maximum Gasteiger partial charge on any atom is 0.338 e. The number of rotatable bonds is 6. The fourth-order valence-corrected chi connectivity index (χ4v) is 3.16. The Labute approximate surface area is 153 Å². The van der Waals surface area contributed by atoms with Gasteiger partial charge in [-0.05, 0) is 24.6 Å². The molecule has 0 spiro atoms. The number of methoxy groups -OCH3 is 2. The average molecular weight is 375 g/mol. The summed E-state index contributed by atoms with van der Waals surface area (Å²) in [5.74, 6) is 0.393. The van der Waals surface area contributed by atoms with Crippen molar-refractivity contribution in [2.24, 2.45) is 0 Å². The first-order valence-corrected chi connectivity index (χ1v) is 8.65. The van der Waals surface area contributed by atoms with Crippen LogP contribution in [-0.4, -0.2) is 34.8 Å². The van der Waals surface area contributed by atoms with Crippen LogP contribution in [0.1, 0.15) is 28.0 Å². The second kappa shape index (κ2) is 7.52. The number of ether oxygens (including phenoxy) is 3. The molecule has 0 aliphatic carbocycles. The first kappa shape index (κ1) is 17.9. The van der Waals surface area contributed by atoms with E-state index in [4.69, 9.17) is 14.2 Å². The molecular formula is C17H17N3O5S. The van der Waals surface area contributed by atoms with Crippen LogP contribution in [0, 0.1) is 0 Å². The van der Waals surface area contributed by atoms with Crippen LogP contribution >= 0.6 is 11.3 Å². The zero-order chi connectivity index (χ0) is 18.7. The minimum atomic E-state index is -0.550. The molecule has 2 aromatic heterocycles. The Morgan fingerprint density at radius 2 is 1.96 bits per heavy atom. The average Bonchev–Trinajstić information content (AvgIpc) is 3.09. The Hall–Kier alpha value is -2.94. The molecule has 0 aliphatic heterocycles. The van der Waals surface area contributed by atoms with E-state index in [9.17, 15) is 9.59 Å². The third kappa shape index (κ3) is 3.52. The Morgan fingerprint density at radius 1 is 1.19 bits per heavy atom. The standard InChI is InChI=1S/C17H17N3O5S/c1-4-14-19-20-15(21)8-11(18-17(20)26-14)9-25-16(22)10-5-6-12(23-2)13(7-10)24-3/h5-8H,4,9H2,1-3H3. The summed E-state index contributed by atoms with van der Waals surface area (Å²) in [6.07, 6.45) is 0.719. The van der Waals surface area contributed by atoms with E-state index in [0.717, 1.165) is 11.4 Å². The van der Waals surface area contributed by atoms with Gasteiger partial charge >= 0.3 is 5.97 Å². The molecule has 1 aromatic carbocycles. The van der Waals surface area contributed by atoms with E-state index in [1.807, 2.05) is 6.92 Å². The van der Waals surface area contributed by atoms with Gasteiger partial charge in [0, 0.05) is 6.07 Å². The predicted molar refractivity (Wildman–Crippen MR) is 95.2 cm³/mol. The zero-order valence-corrected chi connectivity index (χ0v) is 15.3. The van der Waals surface area contributed by atoms with Crippen molar-refractivity contribution < 1.29 is 19.0 Å². The molecule has 9 heteroatoms. The van der Waals surface area contributed by atoms with Gasteiger partial charge < -0.3 is 14.2 Å². The lowest BCUT2D eigenvalue weighted by molar-refractivity contribution is 0.0467. The summed E-state index contributed by atoms with van der Waals surface area (Å²) >= 11 is 1.34. The van der Waals surface area contributed by atoms with Gasteiger partial charge in [-0.1, -0.05) is 18.3 Å². The molecule has 26 heavy (non-hydrogen) atoms. The number of hydrogen-bond donors (Lipinski definition) is 0. The van der Waals surface area contributed by atoms with Crippen LogP contribution in [0.25, 0.3) is 4.96 Å². The van der Waals surface area contributed by atoms with Crippen molar-refractivity contribution in [3.05, 3.63) is 50.9 Å². The minimum absolute atomic E-state index is 0.113. The Balaban J connectivity index is 1.77. The Morgan fingerprint density at radius 3 is 2.65 bits per heavy atom. The largest absolute Gasteiger partial charge is 0.493 e. The van der Waals surface area contributed by atoms with Crippen LogP contribution in [0.5, 0.6) is 11.5 Å². The second-order valence-corrected chi connectivity index (χ2v) is 6.32. The minimum Gasteiger partial charge on any atom is -0.493 e. The van der Waals surface area contributed by atoms with Crippen molar-refractivity contribution >= 4 is 22.3 Å². The summed E-state index contributed by atoms with van der Waals surface area (Å²) in [4.78, 5) is 29.1. The van der Waals surface area contributed by atoms with Crippen LogP contribution < -0.4 is 15.0 Å². The van der Waals surface area contributed by atoms with Gasteiger partial charge in [-0.25, -0.2) is 9.78 Å². The molecule has 0 aliphatic rings. The summed E-state index contributed by atoms with van der Waals surface area (Å²) in [6.45, 7) is 1.84. The highest BCUT2D eigenvalue weighted by Gasteiger charge is 2.14. The fraction of sp³-hybridized carbons (Fsp3) is 0.294. The summed E-state index contributed by atoms with van der Waals surface area (Å²) in [5, 5.41) is 4.99. The van der Waals surface area contributed by atoms with Crippen molar-refractivity contribution in [2.75, 3.05) is 14.2 Å². The maximum atomic E-state index is 12.2. The smallest absolute Gasteiger partial charge is 0.338 e. The van der Waals surface area contributed by atoms with E-state index < -0.39 is 5.97 Å². The number of hydrogen-bond acceptors (Lipinski definition) is 8. The summed E-state index contributed by atoms with van der Waals surface area (Å²) in [5.41, 5.74) is 0.379. The molecule has 2 heterocycles.